The molecule has 1 unspecified atom stereocenters. The van der Waals surface area contributed by atoms with Gasteiger partial charge in [0, 0.05) is 35.5 Å². The summed E-state index contributed by atoms with van der Waals surface area (Å²) in [6.45, 7) is 2.84. The fraction of sp³-hybridized carbons (Fsp3) is 0.462. The molecule has 2 rings (SSSR count). The van der Waals surface area contributed by atoms with Gasteiger partial charge in [0.25, 0.3) is 0 Å². The van der Waals surface area contributed by atoms with Gasteiger partial charge in [-0.1, -0.05) is 11.8 Å². The minimum Gasteiger partial charge on any atom is -0.384 e. The molecule has 1 saturated heterocycles. The Bertz CT molecular complexity index is 495. The molecule has 1 aromatic rings. The van der Waals surface area contributed by atoms with E-state index in [0.717, 1.165) is 18.7 Å². The highest BCUT2D eigenvalue weighted by molar-refractivity contribution is 7.10. The molecule has 0 aromatic carbocycles. The first-order valence-electron chi connectivity index (χ1n) is 5.72. The van der Waals surface area contributed by atoms with Crippen molar-refractivity contribution in [2.24, 2.45) is 0 Å². The largest absolute Gasteiger partial charge is 0.384 e. The summed E-state index contributed by atoms with van der Waals surface area (Å²) in [6.07, 6.45) is -0.313. The van der Waals surface area contributed by atoms with E-state index in [1.807, 2.05) is 11.4 Å². The molecule has 0 amide bonds. The number of ether oxygens (including phenoxy) is 1. The van der Waals surface area contributed by atoms with E-state index in [1.54, 1.807) is 11.3 Å². The molecule has 0 aliphatic carbocycles. The van der Waals surface area contributed by atoms with Gasteiger partial charge in [-0.15, -0.1) is 11.3 Å². The second kappa shape index (κ2) is 6.53. The summed E-state index contributed by atoms with van der Waals surface area (Å²) in [4.78, 5) is 3.43. The van der Waals surface area contributed by atoms with Gasteiger partial charge in [-0.25, -0.2) is 0 Å². The van der Waals surface area contributed by atoms with Crippen LogP contribution >= 0.6 is 11.3 Å². The van der Waals surface area contributed by atoms with Crippen LogP contribution in [0.25, 0.3) is 0 Å². The van der Waals surface area contributed by atoms with Crippen molar-refractivity contribution >= 4 is 11.3 Å². The molecule has 0 saturated carbocycles. The van der Waals surface area contributed by atoms with E-state index in [2.05, 4.69) is 22.8 Å². The Kier molecular flexibility index (Phi) is 4.74. The van der Waals surface area contributed by atoms with Crippen LogP contribution in [0.5, 0.6) is 0 Å². The highest BCUT2D eigenvalue weighted by atomic mass is 32.1. The van der Waals surface area contributed by atoms with E-state index in [9.17, 15) is 0 Å². The van der Waals surface area contributed by atoms with Gasteiger partial charge in [0.05, 0.1) is 12.7 Å². The Morgan fingerprint density at radius 3 is 3.28 bits per heavy atom. The van der Waals surface area contributed by atoms with Crippen LogP contribution in [0.2, 0.25) is 0 Å². The van der Waals surface area contributed by atoms with Crippen LogP contribution in [0.4, 0.5) is 0 Å². The Balaban J connectivity index is 1.93. The van der Waals surface area contributed by atoms with E-state index in [0.29, 0.717) is 13.2 Å². The molecule has 1 aliphatic heterocycles. The molecule has 1 N–H and O–H groups in total. The molecule has 18 heavy (non-hydrogen) atoms. The third-order valence-corrected chi connectivity index (χ3v) is 3.56. The Hall–Kier alpha value is -1.37. The van der Waals surface area contributed by atoms with Crippen LogP contribution in [0.1, 0.15) is 10.4 Å². The summed E-state index contributed by atoms with van der Waals surface area (Å²) in [6, 6.07) is 4.17. The molecule has 2 heterocycles. The zero-order valence-electron chi connectivity index (χ0n) is 9.93. The van der Waals surface area contributed by atoms with Crippen molar-refractivity contribution in [2.75, 3.05) is 26.3 Å². The Labute approximate surface area is 110 Å². The number of nitriles is 1. The number of thiophene rings is 1. The quantitative estimate of drug-likeness (QED) is 0.802. The number of rotatable bonds is 2. The summed E-state index contributed by atoms with van der Waals surface area (Å²) in [5, 5.41) is 19.5. The van der Waals surface area contributed by atoms with E-state index in [-0.39, 0.29) is 12.7 Å². The first-order chi connectivity index (χ1) is 8.81. The standard InChI is InChI=1S/C13H14N2O2S/c14-7-12-8-15(3-5-17-12)9-13-6-11(10-18-13)2-1-4-16/h6,10,12,16H,3-5,8-9H2. The van der Waals surface area contributed by atoms with Crippen LogP contribution in [0.15, 0.2) is 11.4 Å². The molecule has 0 radical (unpaired) electrons. The van der Waals surface area contributed by atoms with Crippen LogP contribution < -0.4 is 0 Å². The number of morpholine rings is 1. The van der Waals surface area contributed by atoms with Crippen molar-refractivity contribution in [3.63, 3.8) is 0 Å². The third kappa shape index (κ3) is 3.56. The van der Waals surface area contributed by atoms with E-state index in [1.165, 1.54) is 4.88 Å². The molecule has 1 aromatic heterocycles. The maximum absolute atomic E-state index is 8.84. The maximum Gasteiger partial charge on any atom is 0.156 e. The molecular formula is C13H14N2O2S. The van der Waals surface area contributed by atoms with Crippen molar-refractivity contribution in [1.82, 2.24) is 4.90 Å². The fourth-order valence-electron chi connectivity index (χ4n) is 1.82. The zero-order chi connectivity index (χ0) is 12.8. The molecule has 1 atom stereocenters. The maximum atomic E-state index is 8.84. The number of hydrogen-bond donors (Lipinski definition) is 1. The predicted octanol–water partition coefficient (Wildman–Crippen LogP) is 0.816. The molecule has 94 valence electrons. The van der Waals surface area contributed by atoms with Gasteiger partial charge < -0.3 is 9.84 Å². The highest BCUT2D eigenvalue weighted by Crippen LogP contribution is 2.17. The molecule has 1 aliphatic rings. The lowest BCUT2D eigenvalue weighted by Gasteiger charge is -2.29. The van der Waals surface area contributed by atoms with Gasteiger partial charge >= 0.3 is 0 Å². The lowest BCUT2D eigenvalue weighted by atomic mass is 10.2. The summed E-state index contributed by atoms with van der Waals surface area (Å²) in [5.74, 6) is 5.52. The third-order valence-electron chi connectivity index (χ3n) is 2.64. The van der Waals surface area contributed by atoms with E-state index >= 15 is 0 Å². The average molecular weight is 262 g/mol. The summed E-state index contributed by atoms with van der Waals surface area (Å²) < 4.78 is 5.30. The number of hydrogen-bond acceptors (Lipinski definition) is 5. The van der Waals surface area contributed by atoms with Crippen molar-refractivity contribution in [3.8, 4) is 17.9 Å². The molecular weight excluding hydrogens is 248 g/mol. The zero-order valence-corrected chi connectivity index (χ0v) is 10.7. The first kappa shape index (κ1) is 13.1. The fourth-order valence-corrected chi connectivity index (χ4v) is 2.67. The van der Waals surface area contributed by atoms with Gasteiger partial charge in [-0.3, -0.25) is 4.90 Å². The SMILES string of the molecule is N#CC1CN(Cc2cc(C#CCO)cs2)CCO1. The number of aliphatic hydroxyl groups excluding tert-OH is 1. The van der Waals surface area contributed by atoms with Crippen molar-refractivity contribution in [1.29, 1.82) is 5.26 Å². The van der Waals surface area contributed by atoms with Gasteiger partial charge in [0.1, 0.15) is 6.61 Å². The van der Waals surface area contributed by atoms with Crippen molar-refractivity contribution in [3.05, 3.63) is 21.9 Å². The van der Waals surface area contributed by atoms with E-state index in [4.69, 9.17) is 15.1 Å². The lowest BCUT2D eigenvalue weighted by Crippen LogP contribution is -2.41. The molecule has 4 nitrogen and oxygen atoms in total. The second-order valence-corrected chi connectivity index (χ2v) is 4.98. The summed E-state index contributed by atoms with van der Waals surface area (Å²) in [5.41, 5.74) is 0.939. The smallest absolute Gasteiger partial charge is 0.156 e. The van der Waals surface area contributed by atoms with Gasteiger partial charge in [-0.05, 0) is 6.07 Å². The molecule has 1 fully saturated rings. The summed E-state index contributed by atoms with van der Waals surface area (Å²) >= 11 is 1.65. The second-order valence-electron chi connectivity index (χ2n) is 3.99. The molecule has 0 spiro atoms. The Morgan fingerprint density at radius 2 is 2.50 bits per heavy atom. The van der Waals surface area contributed by atoms with Crippen molar-refractivity contribution < 1.29 is 9.84 Å². The normalized spacial score (nSPS) is 19.9. The minimum absolute atomic E-state index is 0.113. The molecule has 5 heteroatoms. The topological polar surface area (TPSA) is 56.5 Å². The van der Waals surface area contributed by atoms with E-state index < -0.39 is 0 Å². The average Bonchev–Trinajstić information content (AvgIpc) is 2.84. The van der Waals surface area contributed by atoms with Crippen LogP contribution in [0, 0.1) is 23.2 Å². The van der Waals surface area contributed by atoms with Gasteiger partial charge in [0.15, 0.2) is 6.10 Å². The van der Waals surface area contributed by atoms with Gasteiger partial charge in [0.2, 0.25) is 0 Å². The van der Waals surface area contributed by atoms with Gasteiger partial charge in [-0.2, -0.15) is 5.26 Å². The molecule has 0 bridgehead atoms. The lowest BCUT2D eigenvalue weighted by molar-refractivity contribution is -0.00232. The van der Waals surface area contributed by atoms with Crippen LogP contribution in [-0.2, 0) is 11.3 Å². The minimum atomic E-state index is -0.313. The Morgan fingerprint density at radius 1 is 1.61 bits per heavy atom. The predicted molar refractivity (Wildman–Crippen MR) is 68.9 cm³/mol. The first-order valence-corrected chi connectivity index (χ1v) is 6.60. The van der Waals surface area contributed by atoms with Crippen molar-refractivity contribution in [2.45, 2.75) is 12.6 Å². The summed E-state index contributed by atoms with van der Waals surface area (Å²) in [7, 11) is 0. The number of aliphatic hydroxyl groups is 1. The van der Waals surface area contributed by atoms with Crippen LogP contribution in [-0.4, -0.2) is 42.4 Å². The van der Waals surface area contributed by atoms with Crippen LogP contribution in [0.3, 0.4) is 0 Å². The monoisotopic (exact) mass is 262 g/mol. The highest BCUT2D eigenvalue weighted by Gasteiger charge is 2.20. The number of nitrogens with zero attached hydrogens (tertiary/aromatic N) is 2.